The fourth-order valence-electron chi connectivity index (χ4n) is 1.41. The maximum Gasteiger partial charge on any atom is 0.236 e. The van der Waals surface area contributed by atoms with E-state index in [-0.39, 0.29) is 18.4 Å². The van der Waals surface area contributed by atoms with Crippen LogP contribution in [-0.2, 0) is 9.59 Å². The van der Waals surface area contributed by atoms with Crippen molar-refractivity contribution in [3.05, 3.63) is 0 Å². The Morgan fingerprint density at radius 2 is 2.08 bits per heavy atom. The first-order valence-corrected chi connectivity index (χ1v) is 4.21. The number of hydrogen-bond acceptors (Lipinski definition) is 3. The summed E-state index contributed by atoms with van der Waals surface area (Å²) >= 11 is 0. The number of hydrogen-bond donors (Lipinski definition) is 1. The van der Waals surface area contributed by atoms with Gasteiger partial charge in [0.25, 0.3) is 0 Å². The maximum absolute atomic E-state index is 11.1. The van der Waals surface area contributed by atoms with Crippen molar-refractivity contribution in [2.24, 2.45) is 11.7 Å². The molecule has 1 aliphatic rings. The molecular weight excluding hydrogens is 156 g/mol. The average Bonchev–Trinajstić information content (AvgIpc) is 2.17. The standard InChI is InChI=1S/C8H14N2O2/c9-5-8(12)10-3-1-7(6-11)2-4-10/h6-7H,1-5,9H2. The lowest BCUT2D eigenvalue weighted by Crippen LogP contribution is -2.41. The van der Waals surface area contributed by atoms with Gasteiger partial charge >= 0.3 is 0 Å². The van der Waals surface area contributed by atoms with Gasteiger partial charge in [0.2, 0.25) is 5.91 Å². The molecule has 12 heavy (non-hydrogen) atoms. The Kier molecular flexibility index (Phi) is 3.22. The molecule has 0 aromatic rings. The average molecular weight is 170 g/mol. The molecule has 0 aromatic carbocycles. The topological polar surface area (TPSA) is 63.4 Å². The summed E-state index contributed by atoms with van der Waals surface area (Å²) in [6.45, 7) is 1.44. The van der Waals surface area contributed by atoms with Crippen LogP contribution in [-0.4, -0.2) is 36.7 Å². The molecule has 0 radical (unpaired) electrons. The van der Waals surface area contributed by atoms with Crippen molar-refractivity contribution in [1.82, 2.24) is 4.90 Å². The van der Waals surface area contributed by atoms with E-state index in [1.54, 1.807) is 4.90 Å². The highest BCUT2D eigenvalue weighted by Crippen LogP contribution is 2.14. The lowest BCUT2D eigenvalue weighted by molar-refractivity contribution is -0.132. The summed E-state index contributed by atoms with van der Waals surface area (Å²) < 4.78 is 0. The van der Waals surface area contributed by atoms with Gasteiger partial charge in [-0.25, -0.2) is 0 Å². The monoisotopic (exact) mass is 170 g/mol. The van der Waals surface area contributed by atoms with E-state index in [2.05, 4.69) is 0 Å². The number of aldehydes is 1. The van der Waals surface area contributed by atoms with E-state index in [1.807, 2.05) is 0 Å². The van der Waals surface area contributed by atoms with Crippen molar-refractivity contribution >= 4 is 12.2 Å². The van der Waals surface area contributed by atoms with Gasteiger partial charge in [-0.05, 0) is 12.8 Å². The van der Waals surface area contributed by atoms with Gasteiger partial charge in [0.15, 0.2) is 0 Å². The van der Waals surface area contributed by atoms with Crippen molar-refractivity contribution in [1.29, 1.82) is 0 Å². The molecule has 1 saturated heterocycles. The number of piperidine rings is 1. The molecule has 0 bridgehead atoms. The van der Waals surface area contributed by atoms with Gasteiger partial charge in [0, 0.05) is 19.0 Å². The quantitative estimate of drug-likeness (QED) is 0.562. The van der Waals surface area contributed by atoms with Crippen LogP contribution in [0.5, 0.6) is 0 Å². The van der Waals surface area contributed by atoms with E-state index in [0.717, 1.165) is 19.1 Å². The van der Waals surface area contributed by atoms with Crippen molar-refractivity contribution in [3.8, 4) is 0 Å². The number of amides is 1. The molecule has 2 N–H and O–H groups in total. The van der Waals surface area contributed by atoms with Crippen LogP contribution in [0.15, 0.2) is 0 Å². The van der Waals surface area contributed by atoms with E-state index < -0.39 is 0 Å². The van der Waals surface area contributed by atoms with Crippen LogP contribution in [0.25, 0.3) is 0 Å². The molecule has 4 nitrogen and oxygen atoms in total. The summed E-state index contributed by atoms with van der Waals surface area (Å²) in [4.78, 5) is 23.2. The molecule has 1 fully saturated rings. The molecule has 0 aliphatic carbocycles. The third-order valence-electron chi connectivity index (χ3n) is 2.26. The second-order valence-corrected chi connectivity index (χ2v) is 3.06. The highest BCUT2D eigenvalue weighted by Gasteiger charge is 2.20. The van der Waals surface area contributed by atoms with Crippen LogP contribution in [0.2, 0.25) is 0 Å². The van der Waals surface area contributed by atoms with Crippen LogP contribution in [0.1, 0.15) is 12.8 Å². The van der Waals surface area contributed by atoms with Gasteiger partial charge in [0.1, 0.15) is 6.29 Å². The molecular formula is C8H14N2O2. The summed E-state index contributed by atoms with van der Waals surface area (Å²) in [6.07, 6.45) is 2.55. The minimum absolute atomic E-state index is 0.0145. The second kappa shape index (κ2) is 4.21. The Balaban J connectivity index is 2.35. The Bertz CT molecular complexity index is 174. The number of likely N-dealkylation sites (tertiary alicyclic amines) is 1. The van der Waals surface area contributed by atoms with Crippen LogP contribution in [0.4, 0.5) is 0 Å². The largest absolute Gasteiger partial charge is 0.342 e. The molecule has 0 aromatic heterocycles. The first-order valence-electron chi connectivity index (χ1n) is 4.21. The highest BCUT2D eigenvalue weighted by atomic mass is 16.2. The zero-order valence-corrected chi connectivity index (χ0v) is 7.03. The van der Waals surface area contributed by atoms with E-state index >= 15 is 0 Å². The third-order valence-corrected chi connectivity index (χ3v) is 2.26. The molecule has 1 rings (SSSR count). The number of nitrogens with zero attached hydrogens (tertiary/aromatic N) is 1. The summed E-state index contributed by atoms with van der Waals surface area (Å²) in [5.41, 5.74) is 5.21. The minimum atomic E-state index is -0.0145. The minimum Gasteiger partial charge on any atom is -0.342 e. The first kappa shape index (κ1) is 9.19. The molecule has 1 aliphatic heterocycles. The number of carbonyl (C=O) groups is 2. The van der Waals surface area contributed by atoms with Gasteiger partial charge in [-0.3, -0.25) is 4.79 Å². The van der Waals surface area contributed by atoms with Crippen molar-refractivity contribution in [2.45, 2.75) is 12.8 Å². The maximum atomic E-state index is 11.1. The molecule has 0 spiro atoms. The van der Waals surface area contributed by atoms with Gasteiger partial charge in [-0.2, -0.15) is 0 Å². The van der Waals surface area contributed by atoms with Gasteiger partial charge in [-0.15, -0.1) is 0 Å². The number of carbonyl (C=O) groups excluding carboxylic acids is 2. The second-order valence-electron chi connectivity index (χ2n) is 3.06. The zero-order valence-electron chi connectivity index (χ0n) is 7.03. The zero-order chi connectivity index (χ0) is 8.97. The van der Waals surface area contributed by atoms with E-state index in [9.17, 15) is 9.59 Å². The molecule has 0 atom stereocenters. The molecule has 1 amide bonds. The predicted octanol–water partition coefficient (Wildman–Crippen LogP) is -0.617. The van der Waals surface area contributed by atoms with Crippen LogP contribution in [0.3, 0.4) is 0 Å². The summed E-state index contributed by atoms with van der Waals surface area (Å²) in [5.74, 6) is 0.131. The Labute approximate surface area is 71.7 Å². The van der Waals surface area contributed by atoms with Crippen LogP contribution in [0, 0.1) is 5.92 Å². The number of nitrogens with two attached hydrogens (primary N) is 1. The van der Waals surface area contributed by atoms with Crippen molar-refractivity contribution < 1.29 is 9.59 Å². The lowest BCUT2D eigenvalue weighted by Gasteiger charge is -2.29. The fraction of sp³-hybridized carbons (Fsp3) is 0.750. The smallest absolute Gasteiger partial charge is 0.236 e. The summed E-state index contributed by atoms with van der Waals surface area (Å²) in [5, 5.41) is 0. The predicted molar refractivity (Wildman–Crippen MR) is 44.4 cm³/mol. The molecule has 1 heterocycles. The number of rotatable bonds is 2. The molecule has 0 saturated carbocycles. The Morgan fingerprint density at radius 1 is 1.50 bits per heavy atom. The third kappa shape index (κ3) is 2.04. The summed E-state index contributed by atoms with van der Waals surface area (Å²) in [6, 6.07) is 0. The van der Waals surface area contributed by atoms with E-state index in [4.69, 9.17) is 5.73 Å². The SMILES string of the molecule is NCC(=O)N1CCC(C=O)CC1. The van der Waals surface area contributed by atoms with Gasteiger partial charge in [-0.1, -0.05) is 0 Å². The fourth-order valence-corrected chi connectivity index (χ4v) is 1.41. The van der Waals surface area contributed by atoms with E-state index in [0.29, 0.717) is 13.1 Å². The molecule has 68 valence electrons. The van der Waals surface area contributed by atoms with Crippen molar-refractivity contribution in [3.63, 3.8) is 0 Å². The Hall–Kier alpha value is -0.900. The highest BCUT2D eigenvalue weighted by molar-refractivity contribution is 5.78. The molecule has 4 heteroatoms. The lowest BCUT2D eigenvalue weighted by atomic mass is 9.99. The van der Waals surface area contributed by atoms with Crippen molar-refractivity contribution in [2.75, 3.05) is 19.6 Å². The first-order chi connectivity index (χ1) is 5.77. The van der Waals surface area contributed by atoms with Gasteiger partial charge < -0.3 is 15.4 Å². The summed E-state index contributed by atoms with van der Waals surface area (Å²) in [7, 11) is 0. The Morgan fingerprint density at radius 3 is 2.50 bits per heavy atom. The van der Waals surface area contributed by atoms with Crippen LogP contribution < -0.4 is 5.73 Å². The van der Waals surface area contributed by atoms with Gasteiger partial charge in [0.05, 0.1) is 6.54 Å². The van der Waals surface area contributed by atoms with E-state index in [1.165, 1.54) is 0 Å². The van der Waals surface area contributed by atoms with Crippen LogP contribution >= 0.6 is 0 Å². The molecule has 0 unspecified atom stereocenters. The normalized spacial score (nSPS) is 19.2.